The first-order valence-corrected chi connectivity index (χ1v) is 6.40. The van der Waals surface area contributed by atoms with E-state index in [-0.39, 0.29) is 24.8 Å². The molecule has 2 aromatic rings. The average Bonchev–Trinajstić information content (AvgIpc) is 3.04. The lowest BCUT2D eigenvalue weighted by Gasteiger charge is -2.13. The van der Waals surface area contributed by atoms with Gasteiger partial charge in [-0.25, -0.2) is 15.0 Å². The molecule has 0 radical (unpaired) electrons. The van der Waals surface area contributed by atoms with Crippen LogP contribution in [0.25, 0.3) is 11.2 Å². The predicted molar refractivity (Wildman–Crippen MR) is 69.9 cm³/mol. The first kappa shape index (κ1) is 12.9. The van der Waals surface area contributed by atoms with E-state index in [2.05, 4.69) is 20.3 Å². The summed E-state index contributed by atoms with van der Waals surface area (Å²) in [6.07, 6.45) is 4.24. The summed E-state index contributed by atoms with van der Waals surface area (Å²) in [5, 5.41) is 11.7. The molecule has 3 heterocycles. The third-order valence-corrected chi connectivity index (χ3v) is 3.25. The van der Waals surface area contributed by atoms with Crippen molar-refractivity contribution in [3.8, 4) is 0 Å². The number of nitrogens with zero attached hydrogens (tertiary/aromatic N) is 4. The minimum Gasteiger partial charge on any atom is -0.394 e. The Balaban J connectivity index is 1.96. The summed E-state index contributed by atoms with van der Waals surface area (Å²) >= 11 is 0. The molecule has 0 aromatic carbocycles. The van der Waals surface area contributed by atoms with Crippen molar-refractivity contribution in [2.75, 3.05) is 11.9 Å². The molecule has 3 rings (SSSR count). The number of hydrogen-bond acceptors (Lipinski definition) is 6. The fraction of sp³-hybridized carbons (Fsp3) is 0.500. The molecule has 0 aliphatic carbocycles. The van der Waals surface area contributed by atoms with Gasteiger partial charge >= 0.3 is 0 Å². The van der Waals surface area contributed by atoms with Crippen molar-refractivity contribution < 1.29 is 14.6 Å². The third-order valence-electron chi connectivity index (χ3n) is 3.25. The Morgan fingerprint density at radius 3 is 3.05 bits per heavy atom. The topological polar surface area (TPSA) is 102 Å². The lowest BCUT2D eigenvalue weighted by atomic mass is 10.2. The highest BCUT2D eigenvalue weighted by Crippen LogP contribution is 2.30. The van der Waals surface area contributed by atoms with Gasteiger partial charge in [0.25, 0.3) is 0 Å². The van der Waals surface area contributed by atoms with Crippen LogP contribution >= 0.6 is 0 Å². The van der Waals surface area contributed by atoms with E-state index in [1.807, 2.05) is 0 Å². The second-order valence-corrected chi connectivity index (χ2v) is 4.70. The molecule has 8 heteroatoms. The molecule has 106 valence electrons. The van der Waals surface area contributed by atoms with Crippen LogP contribution in [0.1, 0.15) is 26.0 Å². The summed E-state index contributed by atoms with van der Waals surface area (Å²) in [6, 6.07) is 0. The maximum Gasteiger partial charge on any atom is 0.222 e. The van der Waals surface area contributed by atoms with Crippen LogP contribution in [0.2, 0.25) is 0 Å². The molecule has 0 saturated carbocycles. The standard InChI is InChI=1S/C12H15N5O3/c1-7(19)16-11-10-12(14-5-13-11)17(6-15-10)9-3-2-8(4-18)20-9/h5-6,8-9,18H,2-4H2,1H3,(H,13,14,16,19). The van der Waals surface area contributed by atoms with Crippen LogP contribution < -0.4 is 5.32 Å². The van der Waals surface area contributed by atoms with Crippen molar-refractivity contribution in [2.45, 2.75) is 32.1 Å². The second kappa shape index (κ2) is 5.14. The molecule has 1 saturated heterocycles. The summed E-state index contributed by atoms with van der Waals surface area (Å²) in [5.74, 6) is 0.176. The monoisotopic (exact) mass is 277 g/mol. The molecule has 1 aliphatic heterocycles. The molecular weight excluding hydrogens is 262 g/mol. The van der Waals surface area contributed by atoms with Crippen LogP contribution in [0.3, 0.4) is 0 Å². The molecule has 1 fully saturated rings. The molecule has 0 bridgehead atoms. The summed E-state index contributed by atoms with van der Waals surface area (Å²) in [7, 11) is 0. The number of amides is 1. The fourth-order valence-electron chi connectivity index (χ4n) is 2.35. The molecule has 0 spiro atoms. The number of aliphatic hydroxyl groups excluding tert-OH is 1. The smallest absolute Gasteiger partial charge is 0.222 e. The van der Waals surface area contributed by atoms with Crippen LogP contribution in [-0.2, 0) is 9.53 Å². The maximum atomic E-state index is 11.1. The number of nitrogens with one attached hydrogen (secondary N) is 1. The highest BCUT2D eigenvalue weighted by atomic mass is 16.5. The molecule has 1 aliphatic rings. The first-order chi connectivity index (χ1) is 9.69. The Bertz CT molecular complexity index is 641. The van der Waals surface area contributed by atoms with Gasteiger partial charge in [-0.3, -0.25) is 9.36 Å². The zero-order valence-electron chi connectivity index (χ0n) is 11.0. The maximum absolute atomic E-state index is 11.1. The van der Waals surface area contributed by atoms with Crippen LogP contribution in [-0.4, -0.2) is 43.2 Å². The lowest BCUT2D eigenvalue weighted by Crippen LogP contribution is -2.14. The highest BCUT2D eigenvalue weighted by molar-refractivity contribution is 5.95. The molecule has 2 unspecified atom stereocenters. The third kappa shape index (κ3) is 2.23. The fourth-order valence-corrected chi connectivity index (χ4v) is 2.35. The SMILES string of the molecule is CC(=O)Nc1ncnc2c1ncn2C1CCC(CO)O1. The van der Waals surface area contributed by atoms with Gasteiger partial charge in [-0.05, 0) is 12.8 Å². The molecule has 2 N–H and O–H groups in total. The van der Waals surface area contributed by atoms with E-state index in [1.165, 1.54) is 13.3 Å². The van der Waals surface area contributed by atoms with Crippen LogP contribution in [0.15, 0.2) is 12.7 Å². The summed E-state index contributed by atoms with van der Waals surface area (Å²) in [4.78, 5) is 23.6. The van der Waals surface area contributed by atoms with Crippen molar-refractivity contribution in [3.63, 3.8) is 0 Å². The number of aliphatic hydroxyl groups is 1. The number of rotatable bonds is 3. The Morgan fingerprint density at radius 2 is 2.35 bits per heavy atom. The van der Waals surface area contributed by atoms with Gasteiger partial charge in [-0.1, -0.05) is 0 Å². The molecular formula is C12H15N5O3. The number of carbonyl (C=O) groups excluding carboxylic acids is 1. The van der Waals surface area contributed by atoms with E-state index in [9.17, 15) is 4.79 Å². The van der Waals surface area contributed by atoms with Gasteiger partial charge in [0, 0.05) is 6.92 Å². The number of fused-ring (bicyclic) bond motifs is 1. The molecule has 2 atom stereocenters. The van der Waals surface area contributed by atoms with E-state index in [1.54, 1.807) is 10.9 Å². The van der Waals surface area contributed by atoms with E-state index >= 15 is 0 Å². The zero-order valence-corrected chi connectivity index (χ0v) is 11.0. The number of anilines is 1. The Hall–Kier alpha value is -2.06. The minimum atomic E-state index is -0.211. The first-order valence-electron chi connectivity index (χ1n) is 6.40. The normalized spacial score (nSPS) is 22.3. The van der Waals surface area contributed by atoms with E-state index in [0.717, 1.165) is 12.8 Å². The van der Waals surface area contributed by atoms with Crippen molar-refractivity contribution in [1.29, 1.82) is 0 Å². The quantitative estimate of drug-likeness (QED) is 0.844. The van der Waals surface area contributed by atoms with E-state index < -0.39 is 0 Å². The number of carbonyl (C=O) groups is 1. The van der Waals surface area contributed by atoms with Crippen molar-refractivity contribution in [1.82, 2.24) is 19.5 Å². The lowest BCUT2D eigenvalue weighted by molar-refractivity contribution is -0.114. The molecule has 8 nitrogen and oxygen atoms in total. The summed E-state index contributed by atoms with van der Waals surface area (Å²) in [6.45, 7) is 1.42. The zero-order chi connectivity index (χ0) is 14.1. The van der Waals surface area contributed by atoms with E-state index in [0.29, 0.717) is 17.0 Å². The average molecular weight is 277 g/mol. The van der Waals surface area contributed by atoms with Crippen LogP contribution in [0.5, 0.6) is 0 Å². The van der Waals surface area contributed by atoms with Gasteiger partial charge in [-0.15, -0.1) is 0 Å². The highest BCUT2D eigenvalue weighted by Gasteiger charge is 2.27. The van der Waals surface area contributed by atoms with Gasteiger partial charge in [0.2, 0.25) is 5.91 Å². The summed E-state index contributed by atoms with van der Waals surface area (Å²) < 4.78 is 7.51. The number of hydrogen-bond donors (Lipinski definition) is 2. The van der Waals surface area contributed by atoms with Gasteiger partial charge in [-0.2, -0.15) is 0 Å². The number of imidazole rings is 1. The summed E-state index contributed by atoms with van der Waals surface area (Å²) in [5.41, 5.74) is 1.13. The van der Waals surface area contributed by atoms with Gasteiger partial charge < -0.3 is 15.2 Å². The van der Waals surface area contributed by atoms with Crippen LogP contribution in [0.4, 0.5) is 5.82 Å². The van der Waals surface area contributed by atoms with Gasteiger partial charge in [0.1, 0.15) is 12.6 Å². The van der Waals surface area contributed by atoms with Crippen LogP contribution in [0, 0.1) is 0 Å². The van der Waals surface area contributed by atoms with Crippen molar-refractivity contribution >= 4 is 22.9 Å². The Labute approximate surface area is 114 Å². The van der Waals surface area contributed by atoms with Gasteiger partial charge in [0.15, 0.2) is 17.0 Å². The van der Waals surface area contributed by atoms with E-state index in [4.69, 9.17) is 9.84 Å². The largest absolute Gasteiger partial charge is 0.394 e. The number of aromatic nitrogens is 4. The second-order valence-electron chi connectivity index (χ2n) is 4.70. The van der Waals surface area contributed by atoms with Gasteiger partial charge in [0.05, 0.1) is 19.0 Å². The van der Waals surface area contributed by atoms with Crippen molar-refractivity contribution in [3.05, 3.63) is 12.7 Å². The predicted octanol–water partition coefficient (Wildman–Crippen LogP) is 0.455. The molecule has 1 amide bonds. The molecule has 20 heavy (non-hydrogen) atoms. The van der Waals surface area contributed by atoms with Crippen molar-refractivity contribution in [2.24, 2.45) is 0 Å². The Kier molecular flexibility index (Phi) is 3.33. The Morgan fingerprint density at radius 1 is 1.50 bits per heavy atom. The molecule has 2 aromatic heterocycles. The minimum absolute atomic E-state index is 0.00918. The number of ether oxygens (including phenoxy) is 1.